The van der Waals surface area contributed by atoms with Crippen molar-refractivity contribution in [2.24, 2.45) is 0 Å². The van der Waals surface area contributed by atoms with Crippen molar-refractivity contribution in [3.8, 4) is 0 Å². The molecule has 0 N–H and O–H groups in total. The Labute approximate surface area is 99.5 Å². The first kappa shape index (κ1) is 12.5. The third-order valence-corrected chi connectivity index (χ3v) is 4.10. The van der Waals surface area contributed by atoms with Crippen LogP contribution in [0, 0.1) is 6.92 Å². The van der Waals surface area contributed by atoms with Crippen LogP contribution >= 0.6 is 0 Å². The number of ether oxygens (including phenoxy) is 1. The molecular weight excluding hydrogens is 247 g/mol. The first-order chi connectivity index (χ1) is 7.89. The molecule has 0 unspecified atom stereocenters. The fourth-order valence-electron chi connectivity index (χ4n) is 1.74. The van der Waals surface area contributed by atoms with Crippen molar-refractivity contribution in [1.29, 1.82) is 0 Å². The van der Waals surface area contributed by atoms with Gasteiger partial charge >= 0.3 is 0 Å². The molecule has 0 atom stereocenters. The zero-order chi connectivity index (χ0) is 12.7. The number of benzene rings is 1. The smallest absolute Gasteiger partial charge is 0.297 e. The van der Waals surface area contributed by atoms with Gasteiger partial charge in [0.05, 0.1) is 20.3 Å². The van der Waals surface area contributed by atoms with Gasteiger partial charge in [-0.1, -0.05) is 17.7 Å². The van der Waals surface area contributed by atoms with E-state index in [1.54, 1.807) is 13.0 Å². The van der Waals surface area contributed by atoms with Crippen LogP contribution in [0.15, 0.2) is 23.1 Å². The highest BCUT2D eigenvalue weighted by Crippen LogP contribution is 2.38. The summed E-state index contributed by atoms with van der Waals surface area (Å²) in [6.07, 6.45) is 0. The normalized spacial score (nSPS) is 18.8. The first-order valence-corrected chi connectivity index (χ1v) is 6.48. The van der Waals surface area contributed by atoms with Gasteiger partial charge in [0.25, 0.3) is 10.1 Å². The zero-order valence-electron chi connectivity index (χ0n) is 9.57. The summed E-state index contributed by atoms with van der Waals surface area (Å²) in [4.78, 5) is -0.128. The van der Waals surface area contributed by atoms with E-state index in [4.69, 9.17) is 4.74 Å². The van der Waals surface area contributed by atoms with E-state index in [2.05, 4.69) is 4.18 Å². The van der Waals surface area contributed by atoms with Crippen LogP contribution < -0.4 is 0 Å². The molecule has 1 heterocycles. The molecule has 2 rings (SSSR count). The van der Waals surface area contributed by atoms with Gasteiger partial charge in [-0.2, -0.15) is 8.42 Å². The van der Waals surface area contributed by atoms with E-state index in [1.165, 1.54) is 12.1 Å². The molecule has 1 aromatic rings. The summed E-state index contributed by atoms with van der Waals surface area (Å²) < 4.78 is 46.9. The van der Waals surface area contributed by atoms with Crippen molar-refractivity contribution in [2.45, 2.75) is 17.5 Å². The summed E-state index contributed by atoms with van der Waals surface area (Å²) >= 11 is 0. The third kappa shape index (κ3) is 2.08. The van der Waals surface area contributed by atoms with E-state index in [-0.39, 0.29) is 23.7 Å². The highest BCUT2D eigenvalue weighted by Gasteiger charge is 2.44. The van der Waals surface area contributed by atoms with E-state index >= 15 is 0 Å². The van der Waals surface area contributed by atoms with E-state index in [1.807, 2.05) is 0 Å². The van der Waals surface area contributed by atoms with Crippen molar-refractivity contribution < 1.29 is 21.7 Å². The maximum absolute atomic E-state index is 14.3. The van der Waals surface area contributed by atoms with Crippen molar-refractivity contribution in [3.63, 3.8) is 0 Å². The number of alkyl halides is 1. The molecule has 17 heavy (non-hydrogen) atoms. The van der Waals surface area contributed by atoms with Crippen molar-refractivity contribution in [1.82, 2.24) is 0 Å². The zero-order valence-corrected chi connectivity index (χ0v) is 10.4. The second-order valence-corrected chi connectivity index (χ2v) is 5.76. The lowest BCUT2D eigenvalue weighted by atomic mass is 9.93. The Morgan fingerprint density at radius 1 is 1.41 bits per heavy atom. The van der Waals surface area contributed by atoms with Crippen LogP contribution in [0.2, 0.25) is 0 Å². The van der Waals surface area contributed by atoms with Gasteiger partial charge in [0.1, 0.15) is 4.90 Å². The quantitative estimate of drug-likeness (QED) is 0.773. The molecule has 0 spiro atoms. The molecule has 0 saturated carbocycles. The molecule has 1 saturated heterocycles. The first-order valence-electron chi connectivity index (χ1n) is 5.07. The van der Waals surface area contributed by atoms with E-state index in [0.717, 1.165) is 12.7 Å². The van der Waals surface area contributed by atoms with Crippen molar-refractivity contribution >= 4 is 10.1 Å². The highest BCUT2D eigenvalue weighted by atomic mass is 32.2. The molecule has 1 aromatic carbocycles. The maximum atomic E-state index is 14.3. The van der Waals surface area contributed by atoms with Crippen LogP contribution in [-0.4, -0.2) is 28.7 Å². The molecule has 0 radical (unpaired) electrons. The van der Waals surface area contributed by atoms with Crippen LogP contribution in [0.4, 0.5) is 4.39 Å². The lowest BCUT2D eigenvalue weighted by Gasteiger charge is -2.35. The van der Waals surface area contributed by atoms with E-state index in [9.17, 15) is 12.8 Å². The van der Waals surface area contributed by atoms with Crippen molar-refractivity contribution in [3.05, 3.63) is 29.3 Å². The highest BCUT2D eigenvalue weighted by molar-refractivity contribution is 7.86. The minimum absolute atomic E-state index is 0.116. The van der Waals surface area contributed by atoms with Gasteiger partial charge in [-0.15, -0.1) is 0 Å². The van der Waals surface area contributed by atoms with Gasteiger partial charge < -0.3 is 4.74 Å². The Hall–Kier alpha value is -0.980. The average Bonchev–Trinajstić information content (AvgIpc) is 2.25. The molecule has 6 heteroatoms. The van der Waals surface area contributed by atoms with Gasteiger partial charge in [0.2, 0.25) is 0 Å². The van der Waals surface area contributed by atoms with E-state index < -0.39 is 15.8 Å². The lowest BCUT2D eigenvalue weighted by molar-refractivity contribution is -0.136. The minimum atomic E-state index is -3.90. The summed E-state index contributed by atoms with van der Waals surface area (Å²) in [5.74, 6) is 0. The summed E-state index contributed by atoms with van der Waals surface area (Å²) in [7, 11) is -2.84. The largest absolute Gasteiger partial charge is 0.374 e. The van der Waals surface area contributed by atoms with Crippen LogP contribution in [0.5, 0.6) is 0 Å². The van der Waals surface area contributed by atoms with Crippen LogP contribution in [0.1, 0.15) is 11.1 Å². The standard InChI is InChI=1S/C11H13FO4S/c1-8-3-4-10(17(13,14)15-2)9(5-8)11(12)6-16-7-11/h3-5H,6-7H2,1-2H3. The molecular formula is C11H13FO4S. The predicted octanol–water partition coefficient (Wildman–Crippen LogP) is 1.53. The molecule has 0 aromatic heterocycles. The maximum Gasteiger partial charge on any atom is 0.297 e. The molecule has 4 nitrogen and oxygen atoms in total. The minimum Gasteiger partial charge on any atom is -0.374 e. The van der Waals surface area contributed by atoms with Crippen LogP contribution in [-0.2, 0) is 24.7 Å². The molecule has 1 aliphatic rings. The molecule has 0 aliphatic carbocycles. The van der Waals surface area contributed by atoms with Gasteiger partial charge in [-0.05, 0) is 13.0 Å². The number of halogens is 1. The Bertz CT molecular complexity index is 534. The number of hydrogen-bond donors (Lipinski definition) is 0. The molecule has 1 aliphatic heterocycles. The predicted molar refractivity (Wildman–Crippen MR) is 59.0 cm³/mol. The summed E-state index contributed by atoms with van der Waals surface area (Å²) in [6.45, 7) is 1.53. The summed E-state index contributed by atoms with van der Waals surface area (Å²) in [5, 5.41) is 0. The second kappa shape index (κ2) is 4.04. The Kier molecular flexibility index (Phi) is 2.97. The molecule has 1 fully saturated rings. The van der Waals surface area contributed by atoms with Gasteiger partial charge in [-0.3, -0.25) is 4.18 Å². The SMILES string of the molecule is COS(=O)(=O)c1ccc(C)cc1C1(F)COC1. The monoisotopic (exact) mass is 260 g/mol. The average molecular weight is 260 g/mol. The molecule has 0 amide bonds. The Morgan fingerprint density at radius 3 is 2.53 bits per heavy atom. The molecule has 94 valence electrons. The van der Waals surface area contributed by atoms with Gasteiger partial charge in [0.15, 0.2) is 5.67 Å². The summed E-state index contributed by atoms with van der Waals surface area (Å²) in [6, 6.07) is 4.50. The van der Waals surface area contributed by atoms with Crippen molar-refractivity contribution in [2.75, 3.05) is 20.3 Å². The Balaban J connectivity index is 2.60. The number of rotatable bonds is 3. The van der Waals surface area contributed by atoms with Gasteiger partial charge in [0, 0.05) is 5.56 Å². The summed E-state index contributed by atoms with van der Waals surface area (Å²) in [5.41, 5.74) is -0.822. The van der Waals surface area contributed by atoms with Gasteiger partial charge in [-0.25, -0.2) is 4.39 Å². The lowest BCUT2D eigenvalue weighted by Crippen LogP contribution is -2.43. The van der Waals surface area contributed by atoms with Crippen LogP contribution in [0.25, 0.3) is 0 Å². The fraction of sp³-hybridized carbons (Fsp3) is 0.455. The topological polar surface area (TPSA) is 52.6 Å². The fourth-order valence-corrected chi connectivity index (χ4v) is 2.66. The van der Waals surface area contributed by atoms with E-state index in [0.29, 0.717) is 0 Å². The third-order valence-electron chi connectivity index (χ3n) is 2.77. The van der Waals surface area contributed by atoms with Crippen LogP contribution in [0.3, 0.4) is 0 Å². The second-order valence-electron chi connectivity index (χ2n) is 4.08. The Morgan fingerprint density at radius 2 is 2.06 bits per heavy atom. The molecule has 0 bridgehead atoms. The number of hydrogen-bond acceptors (Lipinski definition) is 4. The number of aryl methyl sites for hydroxylation is 1.